The van der Waals surface area contributed by atoms with Gasteiger partial charge in [0, 0.05) is 35.9 Å². The van der Waals surface area contributed by atoms with Crippen molar-refractivity contribution in [2.75, 3.05) is 18.6 Å². The zero-order valence-corrected chi connectivity index (χ0v) is 8.56. The number of aromatic nitrogens is 2. The average molecular weight is 203 g/mol. The van der Waals surface area contributed by atoms with Crippen LogP contribution in [0.2, 0.25) is 0 Å². The summed E-state index contributed by atoms with van der Waals surface area (Å²) in [7, 11) is -0.741. The molecule has 74 valence electrons. The minimum Gasteiger partial charge on any atom is -0.310 e. The van der Waals surface area contributed by atoms with Crippen molar-refractivity contribution < 1.29 is 8.84 Å². The fraction of sp³-hybridized carbons (Fsp3) is 0.714. The van der Waals surface area contributed by atoms with Crippen molar-refractivity contribution in [1.82, 2.24) is 15.6 Å². The first kappa shape index (κ1) is 10.3. The first-order chi connectivity index (χ1) is 6.20. The summed E-state index contributed by atoms with van der Waals surface area (Å²) in [5, 5.41) is 10.5. The molecule has 5 nitrogen and oxygen atoms in total. The van der Waals surface area contributed by atoms with E-state index >= 15 is 0 Å². The van der Waals surface area contributed by atoms with Crippen LogP contribution in [0.5, 0.6) is 0 Å². The molecule has 13 heavy (non-hydrogen) atoms. The molecule has 1 unspecified atom stereocenters. The van der Waals surface area contributed by atoms with Gasteiger partial charge in [-0.15, -0.1) is 0 Å². The molecule has 1 heterocycles. The third-order valence-corrected chi connectivity index (χ3v) is 2.38. The van der Waals surface area contributed by atoms with E-state index in [1.807, 2.05) is 6.92 Å². The highest BCUT2D eigenvalue weighted by molar-refractivity contribution is 7.84. The minimum atomic E-state index is -0.741. The summed E-state index contributed by atoms with van der Waals surface area (Å²) in [6, 6.07) is 0. The van der Waals surface area contributed by atoms with Crippen LogP contribution in [0.3, 0.4) is 0 Å². The number of aryl methyl sites for hydroxylation is 1. The molecule has 0 aliphatic heterocycles. The molecule has 0 fully saturated rings. The largest absolute Gasteiger partial charge is 0.310 e. The van der Waals surface area contributed by atoms with E-state index in [0.29, 0.717) is 12.3 Å². The molecule has 1 N–H and O–H groups in total. The maximum absolute atomic E-state index is 10.7. The summed E-state index contributed by atoms with van der Waals surface area (Å²) in [5.74, 6) is 0.657. The lowest BCUT2D eigenvalue weighted by atomic mass is 10.3. The van der Waals surface area contributed by atoms with Crippen LogP contribution in [-0.4, -0.2) is 33.1 Å². The highest BCUT2D eigenvalue weighted by atomic mass is 32.2. The summed E-state index contributed by atoms with van der Waals surface area (Å²) in [4.78, 5) is 0. The summed E-state index contributed by atoms with van der Waals surface area (Å²) < 4.78 is 15.2. The maximum Gasteiger partial charge on any atom is 0.121 e. The van der Waals surface area contributed by atoms with Crippen molar-refractivity contribution in [2.45, 2.75) is 13.5 Å². The standard InChI is InChI=1S/C7H13N3O2S/c1-6-7(10-12-9-6)5-8-3-4-13(2)11/h8H,3-5H2,1-2H3. The van der Waals surface area contributed by atoms with Gasteiger partial charge in [0.05, 0.1) is 0 Å². The van der Waals surface area contributed by atoms with Gasteiger partial charge in [-0.25, -0.2) is 4.63 Å². The number of hydrogen-bond donors (Lipinski definition) is 1. The summed E-state index contributed by atoms with van der Waals surface area (Å²) in [6.45, 7) is 3.17. The second-order valence-corrected chi connectivity index (χ2v) is 4.31. The molecule has 0 aromatic carbocycles. The number of rotatable bonds is 5. The van der Waals surface area contributed by atoms with Crippen molar-refractivity contribution in [2.24, 2.45) is 0 Å². The van der Waals surface area contributed by atoms with Crippen LogP contribution in [0.15, 0.2) is 4.63 Å². The van der Waals surface area contributed by atoms with Gasteiger partial charge in [-0.05, 0) is 6.92 Å². The van der Waals surface area contributed by atoms with E-state index in [4.69, 9.17) is 0 Å². The van der Waals surface area contributed by atoms with Gasteiger partial charge in [0.15, 0.2) is 0 Å². The Morgan fingerprint density at radius 2 is 2.31 bits per heavy atom. The van der Waals surface area contributed by atoms with E-state index in [9.17, 15) is 4.21 Å². The second kappa shape index (κ2) is 5.08. The van der Waals surface area contributed by atoms with Crippen molar-refractivity contribution in [3.05, 3.63) is 11.4 Å². The maximum atomic E-state index is 10.7. The third-order valence-electron chi connectivity index (χ3n) is 1.61. The molecular weight excluding hydrogens is 190 g/mol. The SMILES string of the molecule is Cc1nonc1CNCCS(C)=O. The topological polar surface area (TPSA) is 68.0 Å². The lowest BCUT2D eigenvalue weighted by molar-refractivity contribution is 0.300. The van der Waals surface area contributed by atoms with E-state index in [0.717, 1.165) is 17.9 Å². The monoisotopic (exact) mass is 203 g/mol. The van der Waals surface area contributed by atoms with Crippen molar-refractivity contribution in [3.8, 4) is 0 Å². The van der Waals surface area contributed by atoms with Crippen LogP contribution in [0.4, 0.5) is 0 Å². The highest BCUT2D eigenvalue weighted by Gasteiger charge is 2.03. The molecule has 0 spiro atoms. The smallest absolute Gasteiger partial charge is 0.121 e. The van der Waals surface area contributed by atoms with Gasteiger partial charge in [0.1, 0.15) is 11.4 Å². The zero-order chi connectivity index (χ0) is 9.68. The normalized spacial score (nSPS) is 13.1. The molecule has 0 aliphatic carbocycles. The zero-order valence-electron chi connectivity index (χ0n) is 7.74. The molecule has 0 bridgehead atoms. The summed E-state index contributed by atoms with van der Waals surface area (Å²) in [5.41, 5.74) is 1.60. The Labute approximate surface area is 79.3 Å². The Balaban J connectivity index is 2.20. The van der Waals surface area contributed by atoms with Crippen molar-refractivity contribution >= 4 is 10.8 Å². The molecule has 1 aromatic heterocycles. The molecule has 6 heteroatoms. The van der Waals surface area contributed by atoms with Crippen LogP contribution < -0.4 is 5.32 Å². The van der Waals surface area contributed by atoms with Crippen LogP contribution in [-0.2, 0) is 17.3 Å². The van der Waals surface area contributed by atoms with Crippen LogP contribution >= 0.6 is 0 Å². The lowest BCUT2D eigenvalue weighted by Gasteiger charge is -1.99. The Morgan fingerprint density at radius 1 is 1.54 bits per heavy atom. The Morgan fingerprint density at radius 3 is 2.85 bits per heavy atom. The van der Waals surface area contributed by atoms with Crippen LogP contribution in [0.25, 0.3) is 0 Å². The highest BCUT2D eigenvalue weighted by Crippen LogP contribution is 1.98. The molecule has 0 aliphatic rings. The van der Waals surface area contributed by atoms with Crippen molar-refractivity contribution in [3.63, 3.8) is 0 Å². The molecule has 0 amide bonds. The van der Waals surface area contributed by atoms with E-state index in [2.05, 4.69) is 20.3 Å². The van der Waals surface area contributed by atoms with Gasteiger partial charge in [-0.1, -0.05) is 10.3 Å². The minimum absolute atomic E-state index is 0.618. The average Bonchev–Trinajstić information content (AvgIpc) is 2.45. The third kappa shape index (κ3) is 3.65. The molecular formula is C7H13N3O2S. The van der Waals surface area contributed by atoms with Crippen LogP contribution in [0, 0.1) is 6.92 Å². The predicted molar refractivity (Wildman–Crippen MR) is 49.7 cm³/mol. The van der Waals surface area contributed by atoms with Gasteiger partial charge in [-0.3, -0.25) is 4.21 Å². The predicted octanol–water partition coefficient (Wildman–Crippen LogP) is -0.154. The second-order valence-electron chi connectivity index (χ2n) is 2.75. The molecule has 0 saturated carbocycles. The number of hydrogen-bond acceptors (Lipinski definition) is 5. The summed E-state index contributed by atoms with van der Waals surface area (Å²) >= 11 is 0. The Kier molecular flexibility index (Phi) is 4.04. The van der Waals surface area contributed by atoms with Gasteiger partial charge < -0.3 is 5.32 Å². The van der Waals surface area contributed by atoms with E-state index in [1.165, 1.54) is 0 Å². The van der Waals surface area contributed by atoms with Crippen LogP contribution in [0.1, 0.15) is 11.4 Å². The molecule has 1 rings (SSSR count). The van der Waals surface area contributed by atoms with Crippen molar-refractivity contribution in [1.29, 1.82) is 0 Å². The first-order valence-corrected chi connectivity index (χ1v) is 5.71. The van der Waals surface area contributed by atoms with Gasteiger partial charge in [0.25, 0.3) is 0 Å². The molecule has 1 aromatic rings. The van der Waals surface area contributed by atoms with E-state index in [-0.39, 0.29) is 0 Å². The fourth-order valence-corrected chi connectivity index (χ4v) is 1.26. The van der Waals surface area contributed by atoms with Gasteiger partial charge in [-0.2, -0.15) is 0 Å². The Bertz CT molecular complexity index is 287. The number of nitrogens with zero attached hydrogens (tertiary/aromatic N) is 2. The molecule has 0 saturated heterocycles. The summed E-state index contributed by atoms with van der Waals surface area (Å²) in [6.07, 6.45) is 1.69. The van der Waals surface area contributed by atoms with Gasteiger partial charge >= 0.3 is 0 Å². The molecule has 0 radical (unpaired) electrons. The number of nitrogens with one attached hydrogen (secondary N) is 1. The van der Waals surface area contributed by atoms with E-state index < -0.39 is 10.8 Å². The quantitative estimate of drug-likeness (QED) is 0.674. The fourth-order valence-electron chi connectivity index (χ4n) is 0.833. The first-order valence-electron chi connectivity index (χ1n) is 3.99. The Hall–Kier alpha value is -0.750. The van der Waals surface area contributed by atoms with E-state index in [1.54, 1.807) is 6.26 Å². The lowest BCUT2D eigenvalue weighted by Crippen LogP contribution is -2.20. The molecule has 1 atom stereocenters. The van der Waals surface area contributed by atoms with Gasteiger partial charge in [0.2, 0.25) is 0 Å².